The predicted octanol–water partition coefficient (Wildman–Crippen LogP) is 6.32. The number of nitrogens with zero attached hydrogens (tertiary/aromatic N) is 6. The first-order valence-electron chi connectivity index (χ1n) is 17.6. The van der Waals surface area contributed by atoms with Crippen molar-refractivity contribution in [3.63, 3.8) is 0 Å². The smallest absolute Gasteiger partial charge is 0.183 e. The van der Waals surface area contributed by atoms with Crippen LogP contribution >= 0.6 is 31.9 Å². The van der Waals surface area contributed by atoms with Gasteiger partial charge in [-0.3, -0.25) is 19.7 Å². The molecule has 318 valence electrons. The van der Waals surface area contributed by atoms with Crippen molar-refractivity contribution in [1.82, 2.24) is 29.5 Å². The van der Waals surface area contributed by atoms with Crippen molar-refractivity contribution in [2.75, 3.05) is 37.3 Å². The zero-order valence-electron chi connectivity index (χ0n) is 31.8. The number of rotatable bonds is 9. The summed E-state index contributed by atoms with van der Waals surface area (Å²) < 4.78 is 18.9. The van der Waals surface area contributed by atoms with Crippen LogP contribution in [-0.4, -0.2) is 78.0 Å². The summed E-state index contributed by atoms with van der Waals surface area (Å²) in [7, 11) is -1.42. The van der Waals surface area contributed by atoms with Crippen LogP contribution in [0.25, 0.3) is 28.0 Å². The van der Waals surface area contributed by atoms with Crippen molar-refractivity contribution in [2.45, 2.75) is 33.6 Å². The van der Waals surface area contributed by atoms with E-state index in [0.29, 0.717) is 41.0 Å². The van der Waals surface area contributed by atoms with Crippen LogP contribution in [0.2, 0.25) is 0 Å². The Bertz CT molecular complexity index is 2410. The van der Waals surface area contributed by atoms with Crippen LogP contribution in [0.1, 0.15) is 54.1 Å². The molecule has 1 saturated heterocycles. The Balaban J connectivity index is 0.000000374. The SMILES string of the molecule is Brc1cncc(C2CO2)c1.C.C.C[S+](C)(C)=O.O=Cc1cncc(Br)c1.OCC(O)c1cncc(-c2nc(NCc3ccccc3)c3c(-c4ccccc4)ccn3n2)c1.[I-]. The topological polar surface area (TPSA) is 168 Å². The number of carbonyl (C=O) groups excluding carboxylic acids is 1. The summed E-state index contributed by atoms with van der Waals surface area (Å²) in [6.45, 7) is 1.07. The second kappa shape index (κ2) is 25.5. The summed E-state index contributed by atoms with van der Waals surface area (Å²) in [5.74, 6) is 1.16. The molecule has 0 amide bonds. The molecule has 0 saturated carbocycles. The molecule has 0 aliphatic carbocycles. The Morgan fingerprint density at radius 2 is 1.47 bits per heavy atom. The Morgan fingerprint density at radius 3 is 2.03 bits per heavy atom. The highest BCUT2D eigenvalue weighted by atomic mass is 127. The molecule has 6 heterocycles. The Labute approximate surface area is 387 Å². The number of aromatic nitrogens is 6. The number of anilines is 1. The van der Waals surface area contributed by atoms with E-state index in [-0.39, 0.29) is 45.4 Å². The second-order valence-corrected chi connectivity index (χ2v) is 18.5. The van der Waals surface area contributed by atoms with E-state index in [1.807, 2.05) is 65.4 Å². The summed E-state index contributed by atoms with van der Waals surface area (Å²) in [6, 6.07) is 27.8. The molecule has 0 radical (unpaired) electrons. The minimum Gasteiger partial charge on any atom is -1.00 e. The highest BCUT2D eigenvalue weighted by molar-refractivity contribution is 9.10. The van der Waals surface area contributed by atoms with Crippen LogP contribution in [0.5, 0.6) is 0 Å². The number of hydrogen-bond donors (Lipinski definition) is 3. The highest BCUT2D eigenvalue weighted by Crippen LogP contribution is 2.32. The number of nitrogens with one attached hydrogen (secondary N) is 1. The van der Waals surface area contributed by atoms with Crippen LogP contribution < -0.4 is 29.3 Å². The van der Waals surface area contributed by atoms with Gasteiger partial charge >= 0.3 is 0 Å². The Morgan fingerprint density at radius 1 is 0.867 bits per heavy atom. The molecule has 7 aromatic rings. The van der Waals surface area contributed by atoms with E-state index in [2.05, 4.69) is 76.4 Å². The number of aliphatic hydroxyl groups is 2. The minimum atomic E-state index is -1.42. The lowest BCUT2D eigenvalue weighted by Crippen LogP contribution is -3.00. The van der Waals surface area contributed by atoms with Crippen molar-refractivity contribution in [2.24, 2.45) is 0 Å². The lowest BCUT2D eigenvalue weighted by molar-refractivity contribution is -0.0000221. The summed E-state index contributed by atoms with van der Waals surface area (Å²) in [6.07, 6.45) is 17.1. The fourth-order valence-electron chi connectivity index (χ4n) is 5.11. The third kappa shape index (κ3) is 16.6. The summed E-state index contributed by atoms with van der Waals surface area (Å²) in [4.78, 5) is 26.9. The molecule has 2 unspecified atom stereocenters. The van der Waals surface area contributed by atoms with Gasteiger partial charge in [0, 0.05) is 86.7 Å². The van der Waals surface area contributed by atoms with Crippen LogP contribution in [0.3, 0.4) is 0 Å². The zero-order chi connectivity index (χ0) is 40.8. The van der Waals surface area contributed by atoms with Crippen molar-refractivity contribution in [3.8, 4) is 22.5 Å². The van der Waals surface area contributed by atoms with Gasteiger partial charge in [-0.1, -0.05) is 75.5 Å². The largest absolute Gasteiger partial charge is 1.00 e. The fourth-order valence-corrected chi connectivity index (χ4v) is 5.87. The van der Waals surface area contributed by atoms with Crippen LogP contribution in [0, 0.1) is 0 Å². The van der Waals surface area contributed by atoms with E-state index in [1.54, 1.807) is 49.5 Å². The number of aliphatic hydroxyl groups excluding tert-OH is 2. The summed E-state index contributed by atoms with van der Waals surface area (Å²) in [5.41, 5.74) is 7.03. The minimum absolute atomic E-state index is 0. The van der Waals surface area contributed by atoms with Gasteiger partial charge in [0.15, 0.2) is 17.9 Å². The van der Waals surface area contributed by atoms with E-state index in [1.165, 1.54) is 12.4 Å². The zero-order valence-corrected chi connectivity index (χ0v) is 38.0. The molecule has 2 atom stereocenters. The maximum Gasteiger partial charge on any atom is 0.183 e. The standard InChI is InChI=1S/C26H23N5O2.C7H6BrNO.C6H4BrNO.C3H9OS.2CH4.HI/c32-17-23(33)20-13-21(16-27-15-20)25-29-26(28-14-18-7-3-1-4-8-18)24-22(11-12-31(24)30-25)19-9-5-2-6-10-19;8-6-1-5(2-9-3-6)7-4-10-7;7-6-1-5(4-9)2-8-3-6;1-5(2,3)4;;;/h1-13,15-16,23,32-33H,14,17H2,(H,28,29,30);1-3,7H,4H2;1-4H;1-3H3;2*1H4;1H/q;;;+1;;;/p-1. The second-order valence-electron chi connectivity index (χ2n) is 13.3. The third-order valence-corrected chi connectivity index (χ3v) is 8.63. The summed E-state index contributed by atoms with van der Waals surface area (Å²) >= 11 is 6.52. The molecule has 1 aliphatic rings. The number of fused-ring (bicyclic) bond motifs is 1. The number of epoxide rings is 1. The Kier molecular flexibility index (Phi) is 22.0. The van der Waals surface area contributed by atoms with Gasteiger partial charge in [-0.05, 0) is 67.3 Å². The maximum absolute atomic E-state index is 10.2. The number of aldehydes is 1. The molecule has 1 aliphatic heterocycles. The van der Waals surface area contributed by atoms with Gasteiger partial charge in [-0.25, -0.2) is 9.50 Å². The van der Waals surface area contributed by atoms with E-state index in [4.69, 9.17) is 14.8 Å². The predicted molar refractivity (Wildman–Crippen MR) is 245 cm³/mol. The fraction of sp³-hybridized carbons (Fsp3) is 0.227. The third-order valence-electron chi connectivity index (χ3n) is 7.77. The molecule has 12 nitrogen and oxygen atoms in total. The van der Waals surface area contributed by atoms with Crippen molar-refractivity contribution >= 4 is 59.4 Å². The first-order valence-corrected chi connectivity index (χ1v) is 21.9. The molecule has 0 spiro atoms. The highest BCUT2D eigenvalue weighted by Gasteiger charge is 2.24. The van der Waals surface area contributed by atoms with E-state index < -0.39 is 16.0 Å². The lowest BCUT2D eigenvalue weighted by Gasteiger charge is -2.13. The maximum atomic E-state index is 10.2. The Hall–Kier alpha value is -4.30. The van der Waals surface area contributed by atoms with Crippen LogP contribution in [0.4, 0.5) is 5.82 Å². The number of carbonyl (C=O) groups is 1. The van der Waals surface area contributed by atoms with Crippen molar-refractivity contribution in [3.05, 3.63) is 160 Å². The molecule has 16 heteroatoms. The van der Waals surface area contributed by atoms with Gasteiger partial charge in [-0.15, -0.1) is 9.31 Å². The molecular formula is C44H50Br2IN7O5S. The molecule has 5 aromatic heterocycles. The number of halogens is 3. The lowest BCUT2D eigenvalue weighted by atomic mass is 10.1. The summed E-state index contributed by atoms with van der Waals surface area (Å²) in [5, 5.41) is 27.5. The van der Waals surface area contributed by atoms with Crippen molar-refractivity contribution in [1.29, 1.82) is 0 Å². The number of ether oxygens (including phenoxy) is 1. The number of pyridine rings is 3. The quantitative estimate of drug-likeness (QED) is 0.0641. The number of hydrogen-bond acceptors (Lipinski definition) is 11. The van der Waals surface area contributed by atoms with Crippen LogP contribution in [0.15, 0.2) is 137 Å². The molecule has 3 N–H and O–H groups in total. The molecule has 60 heavy (non-hydrogen) atoms. The van der Waals surface area contributed by atoms with Gasteiger partial charge in [-0.2, -0.15) is 0 Å². The normalized spacial score (nSPS) is 12.8. The van der Waals surface area contributed by atoms with E-state index in [9.17, 15) is 19.2 Å². The average molecular weight is 1080 g/mol. The first kappa shape index (κ1) is 51.8. The van der Waals surface area contributed by atoms with Gasteiger partial charge < -0.3 is 44.2 Å². The van der Waals surface area contributed by atoms with Crippen LogP contribution in [-0.2, 0) is 25.4 Å². The molecule has 8 rings (SSSR count). The molecule has 1 fully saturated rings. The number of benzene rings is 2. The monoisotopic (exact) mass is 1070 g/mol. The first-order chi connectivity index (χ1) is 27.4. The van der Waals surface area contributed by atoms with Gasteiger partial charge in [0.2, 0.25) is 0 Å². The van der Waals surface area contributed by atoms with Gasteiger partial charge in [0.1, 0.15) is 36.5 Å². The average Bonchev–Trinajstić information content (AvgIpc) is 3.99. The molecule has 0 bridgehead atoms. The van der Waals surface area contributed by atoms with E-state index in [0.717, 1.165) is 49.6 Å². The van der Waals surface area contributed by atoms with Crippen molar-refractivity contribution < 1.29 is 47.9 Å². The molecular weight excluding hydrogens is 1030 g/mol. The van der Waals surface area contributed by atoms with E-state index >= 15 is 0 Å². The van der Waals surface area contributed by atoms with Gasteiger partial charge in [0.25, 0.3) is 0 Å². The molecule has 2 aromatic carbocycles. The van der Waals surface area contributed by atoms with Gasteiger partial charge in [0.05, 0.1) is 23.1 Å².